The Hall–Kier alpha value is -0.110. The minimum atomic E-state index is -0.871. The van der Waals surface area contributed by atoms with Gasteiger partial charge < -0.3 is 5.32 Å². The van der Waals surface area contributed by atoms with Crippen molar-refractivity contribution in [2.45, 2.75) is 44.7 Å². The lowest BCUT2D eigenvalue weighted by molar-refractivity contribution is 0.109. The van der Waals surface area contributed by atoms with E-state index in [1.165, 1.54) is 12.8 Å². The van der Waals surface area contributed by atoms with Crippen molar-refractivity contribution in [1.29, 1.82) is 0 Å². The predicted octanol–water partition coefficient (Wildman–Crippen LogP) is 2.51. The van der Waals surface area contributed by atoms with Crippen LogP contribution < -0.4 is 5.32 Å². The molecule has 2 rings (SSSR count). The van der Waals surface area contributed by atoms with Crippen molar-refractivity contribution < 1.29 is 4.39 Å². The summed E-state index contributed by atoms with van der Waals surface area (Å²) in [4.78, 5) is 0. The van der Waals surface area contributed by atoms with Gasteiger partial charge in [-0.05, 0) is 64.0 Å². The highest BCUT2D eigenvalue weighted by atomic mass is 19.1. The zero-order chi connectivity index (χ0) is 9.31. The van der Waals surface area contributed by atoms with E-state index in [1.54, 1.807) is 6.92 Å². The zero-order valence-corrected chi connectivity index (χ0v) is 8.48. The topological polar surface area (TPSA) is 12.0 Å². The summed E-state index contributed by atoms with van der Waals surface area (Å²) in [6.45, 7) is 3.97. The Morgan fingerprint density at radius 3 is 2.69 bits per heavy atom. The maximum atomic E-state index is 14.0. The fourth-order valence-electron chi connectivity index (χ4n) is 2.51. The van der Waals surface area contributed by atoms with Crippen molar-refractivity contribution in [3.63, 3.8) is 0 Å². The summed E-state index contributed by atoms with van der Waals surface area (Å²) in [7, 11) is 0. The van der Waals surface area contributed by atoms with Crippen LogP contribution in [-0.2, 0) is 0 Å². The van der Waals surface area contributed by atoms with E-state index in [9.17, 15) is 4.39 Å². The van der Waals surface area contributed by atoms with Gasteiger partial charge >= 0.3 is 0 Å². The van der Waals surface area contributed by atoms with Crippen molar-refractivity contribution in [3.05, 3.63) is 0 Å². The normalized spacial score (nSPS) is 34.2. The lowest BCUT2D eigenvalue weighted by Crippen LogP contribution is -2.35. The Kier molecular flexibility index (Phi) is 2.59. The molecule has 1 nitrogen and oxygen atoms in total. The average molecular weight is 185 g/mol. The molecule has 1 N–H and O–H groups in total. The molecule has 2 unspecified atom stereocenters. The first-order valence-electron chi connectivity index (χ1n) is 5.58. The summed E-state index contributed by atoms with van der Waals surface area (Å²) in [5, 5.41) is 3.35. The van der Waals surface area contributed by atoms with E-state index in [4.69, 9.17) is 0 Å². The van der Waals surface area contributed by atoms with Crippen LogP contribution in [0.2, 0.25) is 0 Å². The lowest BCUT2D eigenvalue weighted by atomic mass is 9.85. The van der Waals surface area contributed by atoms with E-state index in [0.29, 0.717) is 11.8 Å². The molecule has 1 aliphatic carbocycles. The number of piperidine rings is 1. The Labute approximate surface area is 80.1 Å². The van der Waals surface area contributed by atoms with E-state index in [-0.39, 0.29) is 0 Å². The van der Waals surface area contributed by atoms with Crippen molar-refractivity contribution in [2.24, 2.45) is 11.8 Å². The maximum absolute atomic E-state index is 14.0. The molecule has 0 aromatic heterocycles. The standard InChI is InChI=1S/C11H20FN/c1-11(12,10-4-5-10)7-9-3-2-6-13-8-9/h9-10,13H,2-8H2,1H3. The quantitative estimate of drug-likeness (QED) is 0.712. The number of alkyl halides is 1. The molecule has 1 saturated carbocycles. The summed E-state index contributed by atoms with van der Waals surface area (Å²) in [5.41, 5.74) is -0.871. The fourth-order valence-corrected chi connectivity index (χ4v) is 2.51. The van der Waals surface area contributed by atoms with Crippen LogP contribution in [0.1, 0.15) is 39.0 Å². The van der Waals surface area contributed by atoms with Gasteiger partial charge in [-0.1, -0.05) is 0 Å². The van der Waals surface area contributed by atoms with Crippen LogP contribution in [0, 0.1) is 11.8 Å². The molecule has 2 aliphatic rings. The van der Waals surface area contributed by atoms with Crippen molar-refractivity contribution >= 4 is 0 Å². The van der Waals surface area contributed by atoms with Crippen molar-refractivity contribution in [2.75, 3.05) is 13.1 Å². The summed E-state index contributed by atoms with van der Waals surface area (Å²) >= 11 is 0. The molecule has 76 valence electrons. The Morgan fingerprint density at radius 1 is 1.38 bits per heavy atom. The molecule has 0 aromatic carbocycles. The summed E-state index contributed by atoms with van der Waals surface area (Å²) in [6.07, 6.45) is 5.47. The smallest absolute Gasteiger partial charge is 0.111 e. The monoisotopic (exact) mass is 185 g/mol. The van der Waals surface area contributed by atoms with Crippen LogP contribution in [0.3, 0.4) is 0 Å². The predicted molar refractivity (Wildman–Crippen MR) is 52.4 cm³/mol. The highest BCUT2D eigenvalue weighted by Crippen LogP contribution is 2.45. The highest BCUT2D eigenvalue weighted by Gasteiger charge is 2.43. The van der Waals surface area contributed by atoms with Crippen LogP contribution in [0.25, 0.3) is 0 Å². The summed E-state index contributed by atoms with van der Waals surface area (Å²) in [6, 6.07) is 0. The highest BCUT2D eigenvalue weighted by molar-refractivity contribution is 4.93. The van der Waals surface area contributed by atoms with Gasteiger partial charge in [0.05, 0.1) is 0 Å². The summed E-state index contributed by atoms with van der Waals surface area (Å²) < 4.78 is 14.0. The van der Waals surface area contributed by atoms with Crippen LogP contribution in [0.15, 0.2) is 0 Å². The molecule has 1 saturated heterocycles. The van der Waals surface area contributed by atoms with Gasteiger partial charge in [0.2, 0.25) is 0 Å². The van der Waals surface area contributed by atoms with Gasteiger partial charge in [-0.2, -0.15) is 0 Å². The minimum Gasteiger partial charge on any atom is -0.316 e. The van der Waals surface area contributed by atoms with E-state index in [1.807, 2.05) is 0 Å². The molecule has 13 heavy (non-hydrogen) atoms. The molecule has 2 atom stereocenters. The number of nitrogens with one attached hydrogen (secondary N) is 1. The van der Waals surface area contributed by atoms with Crippen LogP contribution in [0.4, 0.5) is 4.39 Å². The Balaban J connectivity index is 1.80. The molecule has 2 fully saturated rings. The zero-order valence-electron chi connectivity index (χ0n) is 8.48. The number of halogens is 1. The van der Waals surface area contributed by atoms with Crippen LogP contribution in [0.5, 0.6) is 0 Å². The average Bonchev–Trinajstić information content (AvgIpc) is 2.87. The van der Waals surface area contributed by atoms with Crippen molar-refractivity contribution in [3.8, 4) is 0 Å². The van der Waals surface area contributed by atoms with Crippen molar-refractivity contribution in [1.82, 2.24) is 5.32 Å². The van der Waals surface area contributed by atoms with Crippen LogP contribution in [-0.4, -0.2) is 18.8 Å². The van der Waals surface area contributed by atoms with Gasteiger partial charge in [0.15, 0.2) is 0 Å². The number of hydrogen-bond donors (Lipinski definition) is 1. The third-order valence-electron chi connectivity index (χ3n) is 3.52. The number of rotatable bonds is 3. The van der Waals surface area contributed by atoms with Gasteiger partial charge in [-0.15, -0.1) is 0 Å². The maximum Gasteiger partial charge on any atom is 0.111 e. The van der Waals surface area contributed by atoms with E-state index < -0.39 is 5.67 Å². The third-order valence-corrected chi connectivity index (χ3v) is 3.52. The van der Waals surface area contributed by atoms with Crippen LogP contribution >= 0.6 is 0 Å². The molecular formula is C11H20FN. The van der Waals surface area contributed by atoms with Gasteiger partial charge in [-0.25, -0.2) is 4.39 Å². The molecule has 0 spiro atoms. The molecule has 0 aromatic rings. The first-order valence-corrected chi connectivity index (χ1v) is 5.58. The second kappa shape index (κ2) is 3.56. The van der Waals surface area contributed by atoms with E-state index in [2.05, 4.69) is 5.32 Å². The molecule has 1 aliphatic heterocycles. The van der Waals surface area contributed by atoms with Gasteiger partial charge in [0, 0.05) is 0 Å². The van der Waals surface area contributed by atoms with Gasteiger partial charge in [0.1, 0.15) is 5.67 Å². The van der Waals surface area contributed by atoms with E-state index >= 15 is 0 Å². The second-order valence-electron chi connectivity index (χ2n) is 4.97. The fraction of sp³-hybridized carbons (Fsp3) is 1.00. The minimum absolute atomic E-state index is 0.384. The SMILES string of the molecule is CC(F)(CC1CCCNC1)C1CC1. The molecule has 0 bridgehead atoms. The van der Waals surface area contributed by atoms with Gasteiger partial charge in [0.25, 0.3) is 0 Å². The second-order valence-corrected chi connectivity index (χ2v) is 4.97. The molecule has 0 radical (unpaired) electrons. The Bertz CT molecular complexity index is 169. The first-order chi connectivity index (χ1) is 6.18. The van der Waals surface area contributed by atoms with E-state index in [0.717, 1.165) is 32.4 Å². The lowest BCUT2D eigenvalue weighted by Gasteiger charge is -2.29. The molecule has 2 heteroatoms. The third kappa shape index (κ3) is 2.43. The Morgan fingerprint density at radius 2 is 2.15 bits per heavy atom. The number of hydrogen-bond acceptors (Lipinski definition) is 1. The molecular weight excluding hydrogens is 165 g/mol. The molecule has 0 amide bonds. The largest absolute Gasteiger partial charge is 0.316 e. The summed E-state index contributed by atoms with van der Waals surface area (Å²) in [5.74, 6) is 0.971. The first kappa shape index (κ1) is 9.45. The van der Waals surface area contributed by atoms with Gasteiger partial charge in [-0.3, -0.25) is 0 Å². The molecule has 1 heterocycles.